The SMILES string of the molecule is COc1ccc(-c2noc(N3CCCC(C(=O)N4CCCc5ccccc54)C3)n2)cc1. The molecule has 2 aliphatic rings. The molecule has 3 aromatic rings. The van der Waals surface area contributed by atoms with E-state index in [4.69, 9.17) is 9.26 Å². The smallest absolute Gasteiger partial charge is 0.324 e. The minimum Gasteiger partial charge on any atom is -0.497 e. The van der Waals surface area contributed by atoms with Crippen molar-refractivity contribution >= 4 is 17.6 Å². The lowest BCUT2D eigenvalue weighted by Gasteiger charge is -2.36. The number of carbonyl (C=O) groups excluding carboxylic acids is 1. The number of fused-ring (bicyclic) bond motifs is 1. The van der Waals surface area contributed by atoms with Crippen LogP contribution in [-0.4, -0.2) is 42.8 Å². The number of carbonyl (C=O) groups is 1. The zero-order valence-electron chi connectivity index (χ0n) is 17.7. The second-order valence-corrected chi connectivity index (χ2v) is 8.14. The van der Waals surface area contributed by atoms with Gasteiger partial charge >= 0.3 is 6.01 Å². The van der Waals surface area contributed by atoms with Gasteiger partial charge in [0.1, 0.15) is 5.75 Å². The summed E-state index contributed by atoms with van der Waals surface area (Å²) in [5, 5.41) is 4.14. The molecule has 0 N–H and O–H groups in total. The fraction of sp³-hybridized carbons (Fsp3) is 0.375. The van der Waals surface area contributed by atoms with E-state index in [0.717, 1.165) is 55.8 Å². The van der Waals surface area contributed by atoms with Gasteiger partial charge in [-0.25, -0.2) is 0 Å². The van der Waals surface area contributed by atoms with Crippen LogP contribution in [0.4, 0.5) is 11.7 Å². The second-order valence-electron chi connectivity index (χ2n) is 8.14. The summed E-state index contributed by atoms with van der Waals surface area (Å²) in [7, 11) is 1.64. The highest BCUT2D eigenvalue weighted by atomic mass is 16.5. The first-order valence-corrected chi connectivity index (χ1v) is 10.9. The van der Waals surface area contributed by atoms with Crippen LogP contribution in [0, 0.1) is 5.92 Å². The van der Waals surface area contributed by atoms with Gasteiger partial charge in [-0.3, -0.25) is 4.79 Å². The number of rotatable bonds is 4. The van der Waals surface area contributed by atoms with Gasteiger partial charge in [-0.2, -0.15) is 4.98 Å². The molecule has 7 nitrogen and oxygen atoms in total. The van der Waals surface area contributed by atoms with Gasteiger partial charge in [-0.05, 0) is 61.6 Å². The van der Waals surface area contributed by atoms with Crippen LogP contribution in [-0.2, 0) is 11.2 Å². The topological polar surface area (TPSA) is 71.7 Å². The minimum atomic E-state index is -0.0729. The van der Waals surface area contributed by atoms with Crippen LogP contribution in [0.5, 0.6) is 5.75 Å². The van der Waals surface area contributed by atoms with E-state index >= 15 is 0 Å². The summed E-state index contributed by atoms with van der Waals surface area (Å²) in [6.45, 7) is 2.20. The van der Waals surface area contributed by atoms with Crippen LogP contribution in [0.3, 0.4) is 0 Å². The number of piperidine rings is 1. The third-order valence-corrected chi connectivity index (χ3v) is 6.18. The molecule has 1 amide bonds. The van der Waals surface area contributed by atoms with Gasteiger partial charge in [0.25, 0.3) is 0 Å². The minimum absolute atomic E-state index is 0.0729. The van der Waals surface area contributed by atoms with E-state index in [1.165, 1.54) is 5.56 Å². The van der Waals surface area contributed by atoms with Crippen molar-refractivity contribution in [2.45, 2.75) is 25.7 Å². The van der Waals surface area contributed by atoms with E-state index in [9.17, 15) is 4.79 Å². The molecule has 31 heavy (non-hydrogen) atoms. The molecular weight excluding hydrogens is 392 g/mol. The van der Waals surface area contributed by atoms with E-state index in [0.29, 0.717) is 18.4 Å². The van der Waals surface area contributed by atoms with E-state index in [-0.39, 0.29) is 11.8 Å². The Bertz CT molecular complexity index is 1060. The fourth-order valence-corrected chi connectivity index (χ4v) is 4.54. The molecule has 1 unspecified atom stereocenters. The normalized spacial score (nSPS) is 18.5. The maximum Gasteiger partial charge on any atom is 0.324 e. The molecule has 1 atom stereocenters. The van der Waals surface area contributed by atoms with E-state index in [1.807, 2.05) is 46.2 Å². The Kier molecular flexibility index (Phi) is 5.32. The number of benzene rings is 2. The Hall–Kier alpha value is -3.35. The second kappa shape index (κ2) is 8.41. The molecule has 3 heterocycles. The highest BCUT2D eigenvalue weighted by molar-refractivity contribution is 5.96. The molecular formula is C24H26N4O3. The molecule has 7 heteroatoms. The van der Waals surface area contributed by atoms with Gasteiger partial charge in [0.2, 0.25) is 11.7 Å². The molecule has 1 saturated heterocycles. The lowest BCUT2D eigenvalue weighted by Crippen LogP contribution is -2.46. The zero-order valence-corrected chi connectivity index (χ0v) is 17.7. The number of aromatic nitrogens is 2. The van der Waals surface area contributed by atoms with E-state index in [2.05, 4.69) is 22.3 Å². The van der Waals surface area contributed by atoms with Gasteiger partial charge in [0.15, 0.2) is 0 Å². The number of methoxy groups -OCH3 is 1. The summed E-state index contributed by atoms with van der Waals surface area (Å²) >= 11 is 0. The summed E-state index contributed by atoms with van der Waals surface area (Å²) in [5.41, 5.74) is 3.19. The van der Waals surface area contributed by atoms with Crippen LogP contribution in [0.15, 0.2) is 53.1 Å². The highest BCUT2D eigenvalue weighted by Crippen LogP contribution is 2.31. The maximum absolute atomic E-state index is 13.4. The number of amides is 1. The maximum atomic E-state index is 13.4. The number of anilines is 2. The van der Waals surface area contributed by atoms with Crippen LogP contribution < -0.4 is 14.5 Å². The predicted octanol–water partition coefficient (Wildman–Crippen LogP) is 3.94. The van der Waals surface area contributed by atoms with Crippen molar-refractivity contribution in [3.8, 4) is 17.1 Å². The van der Waals surface area contributed by atoms with Crippen molar-refractivity contribution < 1.29 is 14.1 Å². The zero-order chi connectivity index (χ0) is 21.2. The lowest BCUT2D eigenvalue weighted by molar-refractivity contribution is -0.122. The summed E-state index contributed by atoms with van der Waals surface area (Å²) in [4.78, 5) is 22.0. The third kappa shape index (κ3) is 3.87. The number of para-hydroxylation sites is 1. The molecule has 2 aliphatic heterocycles. The fourth-order valence-electron chi connectivity index (χ4n) is 4.54. The quantitative estimate of drug-likeness (QED) is 0.639. The summed E-state index contributed by atoms with van der Waals surface area (Å²) in [6, 6.07) is 16.3. The van der Waals surface area contributed by atoms with Crippen LogP contribution in [0.2, 0.25) is 0 Å². The average Bonchev–Trinajstić information content (AvgIpc) is 3.34. The Morgan fingerprint density at radius 2 is 1.94 bits per heavy atom. The van der Waals surface area contributed by atoms with Crippen molar-refractivity contribution in [1.82, 2.24) is 10.1 Å². The van der Waals surface area contributed by atoms with Crippen molar-refractivity contribution in [3.05, 3.63) is 54.1 Å². The molecule has 2 aromatic carbocycles. The number of nitrogens with zero attached hydrogens (tertiary/aromatic N) is 4. The monoisotopic (exact) mass is 418 g/mol. The standard InChI is InChI=1S/C24H26N4O3/c1-30-20-12-10-18(11-13-20)22-25-24(31-26-22)27-14-4-8-19(16-27)23(29)28-15-5-7-17-6-2-3-9-21(17)28/h2-3,6,9-13,19H,4-5,7-8,14-16H2,1H3. The summed E-state index contributed by atoms with van der Waals surface area (Å²) in [6.07, 6.45) is 3.85. The summed E-state index contributed by atoms with van der Waals surface area (Å²) in [5.74, 6) is 1.45. The van der Waals surface area contributed by atoms with Gasteiger partial charge in [0, 0.05) is 30.9 Å². The van der Waals surface area contributed by atoms with Gasteiger partial charge in [-0.1, -0.05) is 23.4 Å². The number of aryl methyl sites for hydroxylation is 1. The summed E-state index contributed by atoms with van der Waals surface area (Å²) < 4.78 is 10.8. The van der Waals surface area contributed by atoms with Gasteiger partial charge in [0.05, 0.1) is 13.0 Å². The Balaban J connectivity index is 1.31. The van der Waals surface area contributed by atoms with Crippen molar-refractivity contribution in [2.75, 3.05) is 36.5 Å². The van der Waals surface area contributed by atoms with Crippen molar-refractivity contribution in [1.29, 1.82) is 0 Å². The van der Waals surface area contributed by atoms with Crippen LogP contribution in [0.25, 0.3) is 11.4 Å². The third-order valence-electron chi connectivity index (χ3n) is 6.18. The van der Waals surface area contributed by atoms with Crippen molar-refractivity contribution in [2.24, 2.45) is 5.92 Å². The number of hydrogen-bond acceptors (Lipinski definition) is 6. The molecule has 0 spiro atoms. The Morgan fingerprint density at radius 3 is 2.77 bits per heavy atom. The largest absolute Gasteiger partial charge is 0.497 e. The lowest BCUT2D eigenvalue weighted by atomic mass is 9.94. The first-order chi connectivity index (χ1) is 15.2. The van der Waals surface area contributed by atoms with Crippen LogP contribution >= 0.6 is 0 Å². The first kappa shape index (κ1) is 19.6. The van der Waals surface area contributed by atoms with Gasteiger partial charge in [-0.15, -0.1) is 0 Å². The average molecular weight is 418 g/mol. The number of hydrogen-bond donors (Lipinski definition) is 0. The molecule has 1 aromatic heterocycles. The first-order valence-electron chi connectivity index (χ1n) is 10.9. The predicted molar refractivity (Wildman–Crippen MR) is 118 cm³/mol. The molecule has 0 saturated carbocycles. The Morgan fingerprint density at radius 1 is 1.10 bits per heavy atom. The molecule has 1 fully saturated rings. The Labute approximate surface area is 181 Å². The molecule has 160 valence electrons. The highest BCUT2D eigenvalue weighted by Gasteiger charge is 2.33. The molecule has 5 rings (SSSR count). The van der Waals surface area contributed by atoms with Crippen LogP contribution in [0.1, 0.15) is 24.8 Å². The van der Waals surface area contributed by atoms with Gasteiger partial charge < -0.3 is 19.1 Å². The van der Waals surface area contributed by atoms with E-state index < -0.39 is 0 Å². The van der Waals surface area contributed by atoms with E-state index in [1.54, 1.807) is 7.11 Å². The number of ether oxygens (including phenoxy) is 1. The van der Waals surface area contributed by atoms with Crippen molar-refractivity contribution in [3.63, 3.8) is 0 Å². The molecule has 0 bridgehead atoms. The molecule has 0 aliphatic carbocycles. The molecule has 0 radical (unpaired) electrons.